The Morgan fingerprint density at radius 1 is 1.17 bits per heavy atom. The molecule has 0 aromatic heterocycles. The number of aliphatic carboxylic acids is 1. The molecule has 0 radical (unpaired) electrons. The summed E-state index contributed by atoms with van der Waals surface area (Å²) in [6.45, 7) is 6.25. The number of likely N-dealkylation sites (tertiary alicyclic amines) is 1. The maximum Gasteiger partial charge on any atom is 0.309 e. The fourth-order valence-electron chi connectivity index (χ4n) is 5.54. The summed E-state index contributed by atoms with van der Waals surface area (Å²) < 4.78 is 0. The van der Waals surface area contributed by atoms with E-state index < -0.39 is 11.4 Å². The Kier molecular flexibility index (Phi) is 5.83. The second-order valence-corrected chi connectivity index (χ2v) is 10.2. The van der Waals surface area contributed by atoms with Gasteiger partial charge < -0.3 is 10.0 Å². The van der Waals surface area contributed by atoms with Gasteiger partial charge in [-0.15, -0.1) is 0 Å². The highest BCUT2D eigenvalue weighted by Crippen LogP contribution is 2.52. The smallest absolute Gasteiger partial charge is 0.309 e. The Balaban J connectivity index is 1.73. The number of nitrogens with zero attached hydrogens (tertiary/aromatic N) is 2. The SMILES string of the molecule is CC(CC(C)(C)C(=O)O)N1CC2(CCC(c3ccccc3)(N(C)C)CC2)CC1=O. The predicted octanol–water partition coefficient (Wildman–Crippen LogP) is 4.13. The van der Waals surface area contributed by atoms with E-state index in [0.29, 0.717) is 12.8 Å². The standard InChI is InChI=1S/C24H36N2O3/c1-18(15-22(2,3)21(28)29)26-17-23(16-20(26)27)11-13-24(14-12-23,25(4)5)19-9-7-6-8-10-19/h6-10,18H,11-17H2,1-5H3,(H,28,29). The Morgan fingerprint density at radius 3 is 2.28 bits per heavy atom. The van der Waals surface area contributed by atoms with Crippen LogP contribution in [-0.2, 0) is 15.1 Å². The normalized spacial score (nSPS) is 28.9. The van der Waals surface area contributed by atoms with E-state index in [1.54, 1.807) is 13.8 Å². The highest BCUT2D eigenvalue weighted by molar-refractivity contribution is 5.80. The number of carboxylic acid groups (broad SMARTS) is 1. The highest BCUT2D eigenvalue weighted by Gasteiger charge is 2.51. The summed E-state index contributed by atoms with van der Waals surface area (Å²) in [5, 5.41) is 9.45. The number of benzene rings is 1. The third kappa shape index (κ3) is 4.07. The Bertz CT molecular complexity index is 749. The van der Waals surface area contributed by atoms with Crippen LogP contribution in [0.1, 0.15) is 64.9 Å². The van der Waals surface area contributed by atoms with Crippen LogP contribution in [0.25, 0.3) is 0 Å². The van der Waals surface area contributed by atoms with E-state index in [4.69, 9.17) is 0 Å². The van der Waals surface area contributed by atoms with Crippen LogP contribution in [0.5, 0.6) is 0 Å². The van der Waals surface area contributed by atoms with E-state index in [-0.39, 0.29) is 22.9 Å². The lowest BCUT2D eigenvalue weighted by molar-refractivity contribution is -0.148. The fourth-order valence-corrected chi connectivity index (χ4v) is 5.54. The van der Waals surface area contributed by atoms with Crippen molar-refractivity contribution in [3.05, 3.63) is 35.9 Å². The quantitative estimate of drug-likeness (QED) is 0.780. The van der Waals surface area contributed by atoms with Crippen LogP contribution in [-0.4, -0.2) is 53.5 Å². The first kappa shape index (κ1) is 21.8. The molecule has 1 saturated carbocycles. The Morgan fingerprint density at radius 2 is 1.76 bits per heavy atom. The Labute approximate surface area is 175 Å². The second-order valence-electron chi connectivity index (χ2n) is 10.2. The van der Waals surface area contributed by atoms with Crippen molar-refractivity contribution >= 4 is 11.9 Å². The summed E-state index contributed by atoms with van der Waals surface area (Å²) in [6.07, 6.45) is 5.22. The molecule has 1 aromatic rings. The highest BCUT2D eigenvalue weighted by atomic mass is 16.4. The first-order valence-electron chi connectivity index (χ1n) is 10.8. The van der Waals surface area contributed by atoms with Crippen molar-refractivity contribution in [2.75, 3.05) is 20.6 Å². The van der Waals surface area contributed by atoms with Crippen molar-refractivity contribution in [3.8, 4) is 0 Å². The molecule has 1 aliphatic carbocycles. The van der Waals surface area contributed by atoms with Gasteiger partial charge in [0.2, 0.25) is 5.91 Å². The number of hydrogen-bond donors (Lipinski definition) is 1. The van der Waals surface area contributed by atoms with Gasteiger partial charge in [0, 0.05) is 24.5 Å². The molecule has 1 aliphatic heterocycles. The summed E-state index contributed by atoms with van der Waals surface area (Å²) in [5.41, 5.74) is 0.597. The van der Waals surface area contributed by atoms with Gasteiger partial charge in [0.05, 0.1) is 5.41 Å². The number of carboxylic acids is 1. The minimum Gasteiger partial charge on any atom is -0.481 e. The summed E-state index contributed by atoms with van der Waals surface area (Å²) >= 11 is 0. The third-order valence-corrected chi connectivity index (χ3v) is 7.57. The zero-order valence-electron chi connectivity index (χ0n) is 18.6. The largest absolute Gasteiger partial charge is 0.481 e. The molecule has 5 heteroatoms. The van der Waals surface area contributed by atoms with E-state index >= 15 is 0 Å². The lowest BCUT2D eigenvalue weighted by atomic mass is 9.64. The van der Waals surface area contributed by atoms with Crippen LogP contribution in [0, 0.1) is 10.8 Å². The van der Waals surface area contributed by atoms with E-state index in [1.165, 1.54) is 5.56 Å². The number of hydrogen-bond acceptors (Lipinski definition) is 3. The van der Waals surface area contributed by atoms with Crippen LogP contribution in [0.15, 0.2) is 30.3 Å². The monoisotopic (exact) mass is 400 g/mol. The van der Waals surface area contributed by atoms with Crippen molar-refractivity contribution in [2.24, 2.45) is 10.8 Å². The maximum absolute atomic E-state index is 12.9. The first-order valence-corrected chi connectivity index (χ1v) is 10.8. The van der Waals surface area contributed by atoms with E-state index in [2.05, 4.69) is 49.3 Å². The van der Waals surface area contributed by atoms with Gasteiger partial charge in [0.1, 0.15) is 0 Å². The molecule has 1 spiro atoms. The van der Waals surface area contributed by atoms with E-state index in [9.17, 15) is 14.7 Å². The molecule has 3 rings (SSSR count). The predicted molar refractivity (Wildman–Crippen MR) is 115 cm³/mol. The van der Waals surface area contributed by atoms with Crippen LogP contribution >= 0.6 is 0 Å². The molecule has 1 N–H and O–H groups in total. The van der Waals surface area contributed by atoms with Gasteiger partial charge in [-0.3, -0.25) is 14.5 Å². The molecular formula is C24H36N2O3. The average molecular weight is 401 g/mol. The number of carbonyl (C=O) groups excluding carboxylic acids is 1. The molecule has 0 bridgehead atoms. The molecule has 1 atom stereocenters. The molecule has 1 unspecified atom stereocenters. The van der Waals surface area contributed by atoms with Crippen molar-refractivity contribution in [1.82, 2.24) is 9.80 Å². The zero-order valence-corrected chi connectivity index (χ0v) is 18.6. The molecule has 1 heterocycles. The molecule has 1 amide bonds. The van der Waals surface area contributed by atoms with Crippen LogP contribution in [0.3, 0.4) is 0 Å². The minimum atomic E-state index is -0.824. The summed E-state index contributed by atoms with van der Waals surface area (Å²) in [6, 6.07) is 10.7. The lowest BCUT2D eigenvalue weighted by Gasteiger charge is -2.49. The van der Waals surface area contributed by atoms with Gasteiger partial charge in [-0.1, -0.05) is 30.3 Å². The van der Waals surface area contributed by atoms with Gasteiger partial charge in [-0.2, -0.15) is 0 Å². The van der Waals surface area contributed by atoms with Crippen molar-refractivity contribution in [2.45, 2.75) is 70.9 Å². The van der Waals surface area contributed by atoms with Crippen LogP contribution in [0.2, 0.25) is 0 Å². The third-order valence-electron chi connectivity index (χ3n) is 7.57. The van der Waals surface area contributed by atoms with Gasteiger partial charge in [0.15, 0.2) is 0 Å². The summed E-state index contributed by atoms with van der Waals surface area (Å²) in [4.78, 5) is 28.7. The number of amides is 1. The molecule has 2 aliphatic rings. The molecule has 160 valence electrons. The van der Waals surface area contributed by atoms with Gasteiger partial charge in [0.25, 0.3) is 0 Å². The van der Waals surface area contributed by atoms with Crippen LogP contribution < -0.4 is 0 Å². The number of carbonyl (C=O) groups is 2. The molecule has 1 saturated heterocycles. The molecule has 2 fully saturated rings. The summed E-state index contributed by atoms with van der Waals surface area (Å²) in [5.74, 6) is -0.613. The van der Waals surface area contributed by atoms with E-state index in [0.717, 1.165) is 32.2 Å². The maximum atomic E-state index is 12.9. The molecule has 29 heavy (non-hydrogen) atoms. The number of rotatable bonds is 6. The topological polar surface area (TPSA) is 60.9 Å². The van der Waals surface area contributed by atoms with Crippen molar-refractivity contribution < 1.29 is 14.7 Å². The van der Waals surface area contributed by atoms with E-state index in [1.807, 2.05) is 11.8 Å². The second kappa shape index (κ2) is 7.75. The van der Waals surface area contributed by atoms with Crippen molar-refractivity contribution in [3.63, 3.8) is 0 Å². The molecular weight excluding hydrogens is 364 g/mol. The van der Waals surface area contributed by atoms with Crippen molar-refractivity contribution in [1.29, 1.82) is 0 Å². The van der Waals surface area contributed by atoms with Gasteiger partial charge >= 0.3 is 5.97 Å². The molecule has 5 nitrogen and oxygen atoms in total. The first-order chi connectivity index (χ1) is 13.5. The molecule has 1 aromatic carbocycles. The van der Waals surface area contributed by atoms with Gasteiger partial charge in [-0.25, -0.2) is 0 Å². The Hall–Kier alpha value is -1.88. The zero-order chi connectivity index (χ0) is 21.4. The minimum absolute atomic E-state index is 0.0277. The fraction of sp³-hybridized carbons (Fsp3) is 0.667. The average Bonchev–Trinajstić information content (AvgIpc) is 2.99. The lowest BCUT2D eigenvalue weighted by Crippen LogP contribution is -2.48. The van der Waals surface area contributed by atoms with Crippen LogP contribution in [0.4, 0.5) is 0 Å². The van der Waals surface area contributed by atoms with Gasteiger partial charge in [-0.05, 0) is 77.9 Å². The summed E-state index contributed by atoms with van der Waals surface area (Å²) in [7, 11) is 4.32.